The Morgan fingerprint density at radius 2 is 1.49 bits per heavy atom. The van der Waals surface area contributed by atoms with Crippen molar-refractivity contribution < 1.29 is 27.0 Å². The predicted molar refractivity (Wildman–Crippen MR) is 127 cm³/mol. The Morgan fingerprint density at radius 3 is 2.09 bits per heavy atom. The summed E-state index contributed by atoms with van der Waals surface area (Å²) in [5.41, 5.74) is 1.22. The Bertz CT molecular complexity index is 1090. The van der Waals surface area contributed by atoms with E-state index >= 15 is 13.2 Å². The summed E-state index contributed by atoms with van der Waals surface area (Å²) in [6, 6.07) is 3.25. The zero-order chi connectivity index (χ0) is 24.9. The van der Waals surface area contributed by atoms with Crippen molar-refractivity contribution >= 4 is 0 Å². The maximum absolute atomic E-state index is 15.4. The Balaban J connectivity index is 1.41. The summed E-state index contributed by atoms with van der Waals surface area (Å²) in [6.07, 6.45) is 4.73. The fourth-order valence-electron chi connectivity index (χ4n) is 6.27. The van der Waals surface area contributed by atoms with E-state index in [0.717, 1.165) is 25.9 Å². The topological polar surface area (TPSA) is 18.5 Å². The molecule has 4 unspecified atom stereocenters. The summed E-state index contributed by atoms with van der Waals surface area (Å²) >= 11 is 0. The zero-order valence-electron chi connectivity index (χ0n) is 20.7. The predicted octanol–water partition coefficient (Wildman–Crippen LogP) is 8.00. The van der Waals surface area contributed by atoms with Crippen LogP contribution in [-0.2, 0) is 15.9 Å². The second-order valence-electron chi connectivity index (χ2n) is 10.7. The van der Waals surface area contributed by atoms with Gasteiger partial charge in [0.2, 0.25) is 0 Å². The molecule has 2 aromatic carbocycles. The molecule has 5 rings (SSSR count). The van der Waals surface area contributed by atoms with E-state index in [-0.39, 0.29) is 41.1 Å². The van der Waals surface area contributed by atoms with E-state index in [9.17, 15) is 4.39 Å². The molecular formula is C29H34F4O2. The molecule has 2 heterocycles. The highest BCUT2D eigenvalue weighted by molar-refractivity contribution is 5.79. The van der Waals surface area contributed by atoms with Crippen molar-refractivity contribution in [3.05, 3.63) is 57.7 Å². The van der Waals surface area contributed by atoms with Gasteiger partial charge in [-0.2, -0.15) is 0 Å². The number of fused-ring (bicyclic) bond motifs is 3. The maximum atomic E-state index is 15.4. The lowest BCUT2D eigenvalue weighted by Gasteiger charge is -2.37. The molecule has 0 N–H and O–H groups in total. The largest absolute Gasteiger partial charge is 0.378 e. The van der Waals surface area contributed by atoms with Crippen LogP contribution < -0.4 is 0 Å². The number of halogens is 4. The van der Waals surface area contributed by atoms with Crippen molar-refractivity contribution in [2.24, 2.45) is 11.8 Å². The van der Waals surface area contributed by atoms with E-state index in [1.165, 1.54) is 0 Å². The number of hydrogen-bond acceptors (Lipinski definition) is 2. The first-order valence-corrected chi connectivity index (χ1v) is 13.1. The van der Waals surface area contributed by atoms with Crippen LogP contribution in [0.1, 0.15) is 93.6 Å². The second kappa shape index (κ2) is 9.85. The normalized spacial score (nSPS) is 26.2. The van der Waals surface area contributed by atoms with Crippen molar-refractivity contribution in [2.75, 3.05) is 13.2 Å². The molecule has 35 heavy (non-hydrogen) atoms. The van der Waals surface area contributed by atoms with Crippen LogP contribution in [-0.4, -0.2) is 19.3 Å². The van der Waals surface area contributed by atoms with Crippen LogP contribution in [0.4, 0.5) is 17.6 Å². The molecule has 0 aromatic heterocycles. The van der Waals surface area contributed by atoms with Gasteiger partial charge in [-0.05, 0) is 79.5 Å². The molecule has 3 aliphatic rings. The number of rotatable bonds is 5. The van der Waals surface area contributed by atoms with Gasteiger partial charge < -0.3 is 9.47 Å². The van der Waals surface area contributed by atoms with E-state index in [2.05, 4.69) is 6.92 Å². The molecule has 4 atom stereocenters. The van der Waals surface area contributed by atoms with Crippen molar-refractivity contribution in [3.63, 3.8) is 0 Å². The first-order chi connectivity index (χ1) is 16.8. The van der Waals surface area contributed by atoms with E-state index in [1.807, 2.05) is 13.8 Å². The van der Waals surface area contributed by atoms with Crippen LogP contribution in [0.25, 0.3) is 11.1 Å². The molecular weight excluding hydrogens is 456 g/mol. The highest BCUT2D eigenvalue weighted by Crippen LogP contribution is 2.46. The van der Waals surface area contributed by atoms with Crippen molar-refractivity contribution in [1.29, 1.82) is 0 Å². The molecule has 2 fully saturated rings. The van der Waals surface area contributed by atoms with Crippen LogP contribution in [0.5, 0.6) is 0 Å². The Kier molecular flexibility index (Phi) is 6.97. The molecule has 190 valence electrons. The van der Waals surface area contributed by atoms with Crippen LogP contribution in [0, 0.1) is 35.1 Å². The van der Waals surface area contributed by atoms with Gasteiger partial charge in [-0.15, -0.1) is 0 Å². The molecule has 0 bridgehead atoms. The standard InChI is InChI=1S/C29H34F4O2/c1-4-16(5-2)20-11-18-10-19-12-21(27(31)29(33)25(19)24(18)28(32)26(20)30)23-9-7-17(14-35-23)22-8-6-15(3)13-34-22/h11-12,15-17,22-23H,4-10,13-14H2,1-3H3. The molecule has 2 saturated heterocycles. The molecule has 0 spiro atoms. The average molecular weight is 491 g/mol. The second-order valence-corrected chi connectivity index (χ2v) is 10.7. The lowest BCUT2D eigenvalue weighted by Crippen LogP contribution is -2.36. The number of hydrogen-bond donors (Lipinski definition) is 0. The van der Waals surface area contributed by atoms with Crippen molar-refractivity contribution in [2.45, 2.75) is 83.8 Å². The van der Waals surface area contributed by atoms with Crippen LogP contribution >= 0.6 is 0 Å². The smallest absolute Gasteiger partial charge is 0.167 e. The number of ether oxygens (including phenoxy) is 2. The Morgan fingerprint density at radius 1 is 0.800 bits per heavy atom. The summed E-state index contributed by atoms with van der Waals surface area (Å²) in [4.78, 5) is 0. The van der Waals surface area contributed by atoms with Crippen molar-refractivity contribution in [1.82, 2.24) is 0 Å². The third-order valence-electron chi connectivity index (χ3n) is 8.41. The molecule has 0 radical (unpaired) electrons. The number of benzene rings is 2. The van der Waals surface area contributed by atoms with Gasteiger partial charge in [-0.1, -0.05) is 26.8 Å². The van der Waals surface area contributed by atoms with Crippen molar-refractivity contribution in [3.8, 4) is 11.1 Å². The summed E-state index contributed by atoms with van der Waals surface area (Å²) in [7, 11) is 0. The van der Waals surface area contributed by atoms with Gasteiger partial charge in [0.25, 0.3) is 0 Å². The summed E-state index contributed by atoms with van der Waals surface area (Å²) in [6.45, 7) is 7.25. The summed E-state index contributed by atoms with van der Waals surface area (Å²) in [5.74, 6) is -3.45. The molecule has 0 amide bonds. The Labute approximate surface area is 205 Å². The van der Waals surface area contributed by atoms with Gasteiger partial charge in [-0.25, -0.2) is 17.6 Å². The highest BCUT2D eigenvalue weighted by atomic mass is 19.2. The SMILES string of the molecule is CCC(CC)c1cc2c(c(F)c1F)-c1c(cc(C3CCC(C4CCC(C)CO4)CO3)c(F)c1F)C2. The quantitative estimate of drug-likeness (QED) is 0.337. The first kappa shape index (κ1) is 24.8. The fraction of sp³-hybridized carbons (Fsp3) is 0.586. The molecule has 2 aromatic rings. The molecule has 2 nitrogen and oxygen atoms in total. The van der Waals surface area contributed by atoms with Crippen LogP contribution in [0.3, 0.4) is 0 Å². The third kappa shape index (κ3) is 4.31. The first-order valence-electron chi connectivity index (χ1n) is 13.1. The minimum absolute atomic E-state index is 0.115. The Hall–Kier alpha value is -1.92. The van der Waals surface area contributed by atoms with Gasteiger partial charge in [-0.3, -0.25) is 0 Å². The minimum atomic E-state index is -1.11. The average Bonchev–Trinajstić information content (AvgIpc) is 3.24. The van der Waals surface area contributed by atoms with Gasteiger partial charge in [0.15, 0.2) is 23.3 Å². The molecule has 0 saturated carbocycles. The van der Waals surface area contributed by atoms with Gasteiger partial charge >= 0.3 is 0 Å². The highest BCUT2D eigenvalue weighted by Gasteiger charge is 2.36. The van der Waals surface area contributed by atoms with Crippen LogP contribution in [0.2, 0.25) is 0 Å². The van der Waals surface area contributed by atoms with E-state index in [0.29, 0.717) is 48.5 Å². The lowest BCUT2D eigenvalue weighted by molar-refractivity contribution is -0.102. The molecule has 1 aliphatic carbocycles. The van der Waals surface area contributed by atoms with E-state index in [1.54, 1.807) is 12.1 Å². The maximum Gasteiger partial charge on any atom is 0.167 e. The van der Waals surface area contributed by atoms with E-state index in [4.69, 9.17) is 9.47 Å². The minimum Gasteiger partial charge on any atom is -0.378 e. The zero-order valence-corrected chi connectivity index (χ0v) is 20.7. The van der Waals surface area contributed by atoms with Gasteiger partial charge in [0.1, 0.15) is 0 Å². The van der Waals surface area contributed by atoms with Crippen LogP contribution in [0.15, 0.2) is 12.1 Å². The third-order valence-corrected chi connectivity index (χ3v) is 8.41. The molecule has 6 heteroatoms. The summed E-state index contributed by atoms with van der Waals surface area (Å²) in [5, 5.41) is 0. The van der Waals surface area contributed by atoms with Gasteiger partial charge in [0, 0.05) is 29.2 Å². The van der Waals surface area contributed by atoms with Gasteiger partial charge in [0.05, 0.1) is 18.8 Å². The monoisotopic (exact) mass is 490 g/mol. The molecule has 2 aliphatic heterocycles. The fourth-order valence-corrected chi connectivity index (χ4v) is 6.27. The lowest BCUT2D eigenvalue weighted by atomic mass is 9.86. The van der Waals surface area contributed by atoms with E-state index < -0.39 is 29.4 Å². The summed E-state index contributed by atoms with van der Waals surface area (Å²) < 4.78 is 72.8.